The Labute approximate surface area is 157 Å². The molecule has 0 bridgehead atoms. The molecule has 0 saturated heterocycles. The third kappa shape index (κ3) is 5.05. The second-order valence-electron chi connectivity index (χ2n) is 7.37. The van der Waals surface area contributed by atoms with Gasteiger partial charge in [0.05, 0.1) is 28.0 Å². The maximum atomic E-state index is 12.2. The lowest BCUT2D eigenvalue weighted by Gasteiger charge is -2.31. The van der Waals surface area contributed by atoms with Crippen LogP contribution in [0.5, 0.6) is 0 Å². The predicted octanol–water partition coefficient (Wildman–Crippen LogP) is 4.33. The van der Waals surface area contributed by atoms with E-state index in [2.05, 4.69) is 10.3 Å². The molecule has 0 fully saturated rings. The topological polar surface area (TPSA) is 88.5 Å². The van der Waals surface area contributed by atoms with E-state index in [0.29, 0.717) is 5.56 Å². The van der Waals surface area contributed by atoms with Crippen molar-refractivity contribution in [2.24, 2.45) is 0 Å². The van der Waals surface area contributed by atoms with E-state index in [1.54, 1.807) is 44.5 Å². The number of carboxylic acids is 1. The molecule has 0 aliphatic heterocycles. The number of aromatic nitrogens is 1. The summed E-state index contributed by atoms with van der Waals surface area (Å²) in [5.41, 5.74) is 2.68. The zero-order valence-corrected chi connectivity index (χ0v) is 16.4. The van der Waals surface area contributed by atoms with Crippen LogP contribution in [0, 0.1) is 6.92 Å². The maximum absolute atomic E-state index is 12.2. The van der Waals surface area contributed by atoms with Crippen LogP contribution in [0.1, 0.15) is 45.4 Å². The molecule has 2 rings (SSSR count). The molecule has 140 valence electrons. The predicted molar refractivity (Wildman–Crippen MR) is 101 cm³/mol. The van der Waals surface area contributed by atoms with E-state index in [9.17, 15) is 14.7 Å². The highest BCUT2D eigenvalue weighted by Crippen LogP contribution is 2.31. The number of thiazole rings is 1. The van der Waals surface area contributed by atoms with Gasteiger partial charge in [0, 0.05) is 0 Å². The molecule has 0 saturated carbocycles. The van der Waals surface area contributed by atoms with Crippen LogP contribution < -0.4 is 5.32 Å². The standard InChI is InChI=1S/C19H24N2O4S/c1-12-16(26-11-20-12)13-6-8-14(9-7-13)19(5,10-15(22)23)21-17(24)25-18(2,3)4/h6-9,11H,10H2,1-5H3,(H,21,24)(H,22,23). The van der Waals surface area contributed by atoms with Crippen LogP contribution in [0.4, 0.5) is 4.79 Å². The number of alkyl carbamates (subject to hydrolysis) is 1. The van der Waals surface area contributed by atoms with E-state index in [4.69, 9.17) is 4.74 Å². The maximum Gasteiger partial charge on any atom is 0.408 e. The molecule has 1 amide bonds. The zero-order valence-electron chi connectivity index (χ0n) is 15.6. The van der Waals surface area contributed by atoms with E-state index >= 15 is 0 Å². The second kappa shape index (κ2) is 7.45. The van der Waals surface area contributed by atoms with Crippen molar-refractivity contribution in [2.75, 3.05) is 0 Å². The molecule has 1 aromatic carbocycles. The van der Waals surface area contributed by atoms with Gasteiger partial charge in [-0.1, -0.05) is 24.3 Å². The Morgan fingerprint density at radius 2 is 1.81 bits per heavy atom. The van der Waals surface area contributed by atoms with Crippen LogP contribution in [0.3, 0.4) is 0 Å². The first-order valence-corrected chi connectivity index (χ1v) is 9.12. The van der Waals surface area contributed by atoms with Gasteiger partial charge in [0.15, 0.2) is 0 Å². The van der Waals surface area contributed by atoms with Gasteiger partial charge in [-0.3, -0.25) is 4.79 Å². The minimum Gasteiger partial charge on any atom is -0.481 e. The van der Waals surface area contributed by atoms with Crippen LogP contribution in [-0.2, 0) is 15.1 Å². The summed E-state index contributed by atoms with van der Waals surface area (Å²) >= 11 is 1.55. The number of aliphatic carboxylic acids is 1. The summed E-state index contributed by atoms with van der Waals surface area (Å²) in [6, 6.07) is 7.48. The molecule has 26 heavy (non-hydrogen) atoms. The van der Waals surface area contributed by atoms with E-state index in [1.165, 1.54) is 0 Å². The Balaban J connectivity index is 2.29. The Morgan fingerprint density at radius 3 is 2.27 bits per heavy atom. The molecule has 1 heterocycles. The Bertz CT molecular complexity index is 793. The lowest BCUT2D eigenvalue weighted by atomic mass is 9.88. The summed E-state index contributed by atoms with van der Waals surface area (Å²) in [4.78, 5) is 28.9. The smallest absolute Gasteiger partial charge is 0.408 e. The van der Waals surface area contributed by atoms with Gasteiger partial charge in [-0.25, -0.2) is 9.78 Å². The number of aryl methyl sites for hydroxylation is 1. The van der Waals surface area contributed by atoms with Gasteiger partial charge in [-0.2, -0.15) is 0 Å². The number of nitrogens with one attached hydrogen (secondary N) is 1. The minimum atomic E-state index is -1.09. The molecule has 1 unspecified atom stereocenters. The number of carbonyl (C=O) groups excluding carboxylic acids is 1. The number of ether oxygens (including phenoxy) is 1. The van der Waals surface area contributed by atoms with Crippen molar-refractivity contribution in [3.63, 3.8) is 0 Å². The van der Waals surface area contributed by atoms with Gasteiger partial charge in [0.25, 0.3) is 0 Å². The molecule has 1 aromatic heterocycles. The zero-order chi connectivity index (χ0) is 19.5. The van der Waals surface area contributed by atoms with Crippen molar-refractivity contribution >= 4 is 23.4 Å². The van der Waals surface area contributed by atoms with E-state index in [-0.39, 0.29) is 6.42 Å². The number of nitrogens with zero attached hydrogens (tertiary/aromatic N) is 1. The van der Waals surface area contributed by atoms with Crippen LogP contribution in [0.2, 0.25) is 0 Å². The van der Waals surface area contributed by atoms with Gasteiger partial charge in [-0.05, 0) is 45.7 Å². The molecule has 6 nitrogen and oxygen atoms in total. The van der Waals surface area contributed by atoms with Crippen molar-refractivity contribution in [2.45, 2.75) is 52.2 Å². The monoisotopic (exact) mass is 376 g/mol. The van der Waals surface area contributed by atoms with Gasteiger partial charge in [-0.15, -0.1) is 11.3 Å². The molecule has 2 aromatic rings. The third-order valence-corrected chi connectivity index (χ3v) is 4.79. The Morgan fingerprint density at radius 1 is 1.19 bits per heavy atom. The number of hydrogen-bond donors (Lipinski definition) is 2. The summed E-state index contributed by atoms with van der Waals surface area (Å²) in [6.07, 6.45) is -0.908. The quantitative estimate of drug-likeness (QED) is 0.811. The number of carbonyl (C=O) groups is 2. The molecule has 0 spiro atoms. The lowest BCUT2D eigenvalue weighted by Crippen LogP contribution is -2.47. The van der Waals surface area contributed by atoms with Crippen molar-refractivity contribution in [1.29, 1.82) is 0 Å². The summed E-state index contributed by atoms with van der Waals surface area (Å²) in [6.45, 7) is 8.89. The van der Waals surface area contributed by atoms with Gasteiger partial charge < -0.3 is 15.2 Å². The second-order valence-corrected chi connectivity index (χ2v) is 8.23. The molecular weight excluding hydrogens is 352 g/mol. The number of hydrogen-bond acceptors (Lipinski definition) is 5. The number of rotatable bonds is 5. The SMILES string of the molecule is Cc1ncsc1-c1ccc(C(C)(CC(=O)O)NC(=O)OC(C)(C)C)cc1. The molecule has 0 radical (unpaired) electrons. The largest absolute Gasteiger partial charge is 0.481 e. The fourth-order valence-electron chi connectivity index (χ4n) is 2.62. The van der Waals surface area contributed by atoms with Crippen molar-refractivity contribution in [1.82, 2.24) is 10.3 Å². The van der Waals surface area contributed by atoms with Crippen LogP contribution in [-0.4, -0.2) is 27.8 Å². The first kappa shape index (κ1) is 19.9. The third-order valence-electron chi connectivity index (χ3n) is 3.81. The highest BCUT2D eigenvalue weighted by atomic mass is 32.1. The highest BCUT2D eigenvalue weighted by molar-refractivity contribution is 7.13. The van der Waals surface area contributed by atoms with Gasteiger partial charge in [0.2, 0.25) is 0 Å². The first-order valence-electron chi connectivity index (χ1n) is 8.24. The average molecular weight is 376 g/mol. The Hall–Kier alpha value is -2.41. The lowest BCUT2D eigenvalue weighted by molar-refractivity contribution is -0.138. The van der Waals surface area contributed by atoms with E-state index in [0.717, 1.165) is 16.1 Å². The Kier molecular flexibility index (Phi) is 5.71. The number of carboxylic acid groups (broad SMARTS) is 1. The molecule has 7 heteroatoms. The number of amides is 1. The minimum absolute atomic E-state index is 0.259. The summed E-state index contributed by atoms with van der Waals surface area (Å²) in [5, 5.41) is 12.0. The van der Waals surface area contributed by atoms with Crippen LogP contribution >= 0.6 is 11.3 Å². The average Bonchev–Trinajstić information content (AvgIpc) is 2.90. The summed E-state index contributed by atoms with van der Waals surface area (Å²) in [5.74, 6) is -1.01. The molecular formula is C19H24N2O4S. The summed E-state index contributed by atoms with van der Waals surface area (Å²) in [7, 11) is 0. The first-order chi connectivity index (χ1) is 12.0. The van der Waals surface area contributed by atoms with Crippen LogP contribution in [0.25, 0.3) is 10.4 Å². The van der Waals surface area contributed by atoms with Gasteiger partial charge >= 0.3 is 12.1 Å². The van der Waals surface area contributed by atoms with Crippen molar-refractivity contribution in [3.05, 3.63) is 41.0 Å². The van der Waals surface area contributed by atoms with Crippen molar-refractivity contribution < 1.29 is 19.4 Å². The molecule has 0 aliphatic carbocycles. The summed E-state index contributed by atoms with van der Waals surface area (Å²) < 4.78 is 5.29. The van der Waals surface area contributed by atoms with E-state index < -0.39 is 23.2 Å². The van der Waals surface area contributed by atoms with Crippen LogP contribution in [0.15, 0.2) is 29.8 Å². The fourth-order valence-corrected chi connectivity index (χ4v) is 3.43. The van der Waals surface area contributed by atoms with Gasteiger partial charge in [0.1, 0.15) is 5.60 Å². The highest BCUT2D eigenvalue weighted by Gasteiger charge is 2.33. The van der Waals surface area contributed by atoms with E-state index in [1.807, 2.05) is 31.2 Å². The molecule has 2 N–H and O–H groups in total. The number of benzene rings is 1. The normalized spacial score (nSPS) is 13.7. The van der Waals surface area contributed by atoms with Crippen molar-refractivity contribution in [3.8, 4) is 10.4 Å². The molecule has 0 aliphatic rings. The fraction of sp³-hybridized carbons (Fsp3) is 0.421. The molecule has 1 atom stereocenters.